The summed E-state index contributed by atoms with van der Waals surface area (Å²) >= 11 is 0. The third-order valence-corrected chi connectivity index (χ3v) is 0.940. The van der Waals surface area contributed by atoms with Crippen molar-refractivity contribution in [1.29, 1.82) is 0 Å². The van der Waals surface area contributed by atoms with E-state index in [-0.39, 0.29) is 1.43 Å². The molecule has 3 nitrogen and oxygen atoms in total. The predicted octanol–water partition coefficient (Wildman–Crippen LogP) is 1.15. The molecule has 0 aromatic carbocycles. The van der Waals surface area contributed by atoms with Gasteiger partial charge >= 0.3 is 0 Å². The number of nitrogens with zero attached hydrogens (tertiary/aromatic N) is 2. The lowest BCUT2D eigenvalue weighted by atomic mass is 10.6. The maximum Gasteiger partial charge on any atom is 0.129 e. The van der Waals surface area contributed by atoms with Crippen LogP contribution in [-0.2, 0) is 0 Å². The van der Waals surface area contributed by atoms with Gasteiger partial charge < -0.3 is 5.32 Å². The van der Waals surface area contributed by atoms with Crippen molar-refractivity contribution in [3.8, 4) is 0 Å². The maximum absolute atomic E-state index is 3.95. The molecule has 0 aliphatic heterocycles. The fraction of sp³-hybridized carbons (Fsp3) is 0.333. The van der Waals surface area contributed by atoms with E-state index in [1.54, 1.807) is 6.20 Å². The minimum Gasteiger partial charge on any atom is -0.370 e. The summed E-state index contributed by atoms with van der Waals surface area (Å²) in [5.41, 5.74) is 0. The topological polar surface area (TPSA) is 37.8 Å². The van der Waals surface area contributed by atoms with Crippen molar-refractivity contribution in [1.82, 2.24) is 9.97 Å². The van der Waals surface area contributed by atoms with E-state index < -0.39 is 0 Å². The van der Waals surface area contributed by atoms with Gasteiger partial charge in [-0.2, -0.15) is 0 Å². The van der Waals surface area contributed by atoms with E-state index in [1.807, 2.05) is 13.0 Å². The van der Waals surface area contributed by atoms with Crippen molar-refractivity contribution >= 4 is 5.82 Å². The minimum absolute atomic E-state index is 0. The lowest BCUT2D eigenvalue weighted by molar-refractivity contribution is 1.11. The third-order valence-electron chi connectivity index (χ3n) is 0.940. The summed E-state index contributed by atoms with van der Waals surface area (Å²) in [6, 6.07) is 1.84. The lowest BCUT2D eigenvalue weighted by Crippen LogP contribution is -1.97. The molecular formula is C6H11N3. The standard InChI is InChI=1S/C6H9N3.H2/c1-2-8-6-3-4-7-5-9-6;/h3-5H,2H2,1H3,(H,7,8,9);1H. The Kier molecular flexibility index (Phi) is 2.01. The van der Waals surface area contributed by atoms with E-state index in [2.05, 4.69) is 15.3 Å². The van der Waals surface area contributed by atoms with Crippen LogP contribution in [0.3, 0.4) is 0 Å². The van der Waals surface area contributed by atoms with Gasteiger partial charge in [0.05, 0.1) is 0 Å². The van der Waals surface area contributed by atoms with Crippen LogP contribution < -0.4 is 5.32 Å². The van der Waals surface area contributed by atoms with Crippen LogP contribution in [0.4, 0.5) is 5.82 Å². The molecule has 3 heteroatoms. The second kappa shape index (κ2) is 3.02. The van der Waals surface area contributed by atoms with Crippen molar-refractivity contribution in [3.05, 3.63) is 18.6 Å². The zero-order valence-corrected chi connectivity index (χ0v) is 5.33. The summed E-state index contributed by atoms with van der Waals surface area (Å²) in [6.07, 6.45) is 3.24. The van der Waals surface area contributed by atoms with Crippen molar-refractivity contribution in [3.63, 3.8) is 0 Å². The van der Waals surface area contributed by atoms with Crippen molar-refractivity contribution < 1.29 is 1.43 Å². The monoisotopic (exact) mass is 125 g/mol. The van der Waals surface area contributed by atoms with Crippen LogP contribution in [0, 0.1) is 0 Å². The molecule has 0 saturated heterocycles. The molecule has 0 radical (unpaired) electrons. The normalized spacial score (nSPS) is 9.00. The molecule has 0 spiro atoms. The van der Waals surface area contributed by atoms with Gasteiger partial charge in [0.25, 0.3) is 0 Å². The molecule has 1 N–H and O–H groups in total. The Morgan fingerprint density at radius 2 is 2.67 bits per heavy atom. The Morgan fingerprint density at radius 3 is 3.22 bits per heavy atom. The fourth-order valence-corrected chi connectivity index (χ4v) is 0.576. The van der Waals surface area contributed by atoms with E-state index in [0.717, 1.165) is 12.4 Å². The van der Waals surface area contributed by atoms with Gasteiger partial charge in [-0.1, -0.05) is 0 Å². The molecule has 0 aliphatic carbocycles. The highest BCUT2D eigenvalue weighted by molar-refractivity contribution is 5.30. The van der Waals surface area contributed by atoms with Gasteiger partial charge in [0, 0.05) is 14.2 Å². The third kappa shape index (κ3) is 1.68. The van der Waals surface area contributed by atoms with Gasteiger partial charge in [0.15, 0.2) is 0 Å². The summed E-state index contributed by atoms with van der Waals surface area (Å²) < 4.78 is 0. The molecular weight excluding hydrogens is 114 g/mol. The number of anilines is 1. The predicted molar refractivity (Wildman–Crippen MR) is 38.3 cm³/mol. The number of aromatic nitrogens is 2. The quantitative estimate of drug-likeness (QED) is 0.644. The first-order chi connectivity index (χ1) is 4.43. The van der Waals surface area contributed by atoms with Crippen LogP contribution in [0.1, 0.15) is 8.35 Å². The molecule has 50 valence electrons. The van der Waals surface area contributed by atoms with Gasteiger partial charge in [0.2, 0.25) is 0 Å². The van der Waals surface area contributed by atoms with Crippen LogP contribution >= 0.6 is 0 Å². The second-order valence-corrected chi connectivity index (χ2v) is 1.62. The fourth-order valence-electron chi connectivity index (χ4n) is 0.576. The van der Waals surface area contributed by atoms with Crippen LogP contribution in [0.5, 0.6) is 0 Å². The molecule has 0 amide bonds. The summed E-state index contributed by atoms with van der Waals surface area (Å²) in [5.74, 6) is 0.882. The summed E-state index contributed by atoms with van der Waals surface area (Å²) in [5, 5.41) is 3.06. The maximum atomic E-state index is 3.95. The first-order valence-electron chi connectivity index (χ1n) is 2.93. The van der Waals surface area contributed by atoms with Crippen LogP contribution in [0.25, 0.3) is 0 Å². The molecule has 1 aromatic rings. The van der Waals surface area contributed by atoms with E-state index >= 15 is 0 Å². The van der Waals surface area contributed by atoms with Crippen LogP contribution in [0.2, 0.25) is 0 Å². The van der Waals surface area contributed by atoms with Gasteiger partial charge in [-0.25, -0.2) is 9.97 Å². The van der Waals surface area contributed by atoms with E-state index in [4.69, 9.17) is 0 Å². The summed E-state index contributed by atoms with van der Waals surface area (Å²) in [4.78, 5) is 7.72. The zero-order chi connectivity index (χ0) is 6.53. The Bertz CT molecular complexity index is 166. The highest BCUT2D eigenvalue weighted by Gasteiger charge is 1.84. The molecule has 1 heterocycles. The minimum atomic E-state index is 0. The first-order valence-corrected chi connectivity index (χ1v) is 2.93. The molecule has 0 unspecified atom stereocenters. The Morgan fingerprint density at radius 1 is 1.78 bits per heavy atom. The van der Waals surface area contributed by atoms with Crippen molar-refractivity contribution in [2.75, 3.05) is 11.9 Å². The van der Waals surface area contributed by atoms with E-state index in [1.165, 1.54) is 6.33 Å². The Balaban J connectivity index is 0.000000810. The van der Waals surface area contributed by atoms with Crippen LogP contribution in [-0.4, -0.2) is 16.5 Å². The SMILES string of the molecule is CCNc1ccncn1.[HH]. The molecule has 0 saturated carbocycles. The molecule has 1 aromatic heterocycles. The molecule has 0 bridgehead atoms. The molecule has 0 aliphatic rings. The number of hydrogen-bond donors (Lipinski definition) is 1. The van der Waals surface area contributed by atoms with Crippen LogP contribution in [0.15, 0.2) is 18.6 Å². The van der Waals surface area contributed by atoms with Crippen molar-refractivity contribution in [2.24, 2.45) is 0 Å². The Hall–Kier alpha value is -1.12. The highest BCUT2D eigenvalue weighted by Crippen LogP contribution is 1.95. The molecule has 9 heavy (non-hydrogen) atoms. The van der Waals surface area contributed by atoms with E-state index in [9.17, 15) is 0 Å². The van der Waals surface area contributed by atoms with Gasteiger partial charge in [-0.3, -0.25) is 0 Å². The molecule has 0 fully saturated rings. The average Bonchev–Trinajstić information content (AvgIpc) is 1.91. The van der Waals surface area contributed by atoms with E-state index in [0.29, 0.717) is 0 Å². The summed E-state index contributed by atoms with van der Waals surface area (Å²) in [6.45, 7) is 2.93. The van der Waals surface area contributed by atoms with Gasteiger partial charge in [-0.05, 0) is 13.0 Å². The lowest BCUT2D eigenvalue weighted by Gasteiger charge is -1.97. The van der Waals surface area contributed by atoms with Gasteiger partial charge in [0.1, 0.15) is 12.1 Å². The molecule has 1 rings (SSSR count). The highest BCUT2D eigenvalue weighted by atomic mass is 15.0. The number of rotatable bonds is 2. The average molecular weight is 125 g/mol. The Labute approximate surface area is 55.6 Å². The first kappa shape index (κ1) is 6.01. The zero-order valence-electron chi connectivity index (χ0n) is 5.33. The number of nitrogens with one attached hydrogen (secondary N) is 1. The largest absolute Gasteiger partial charge is 0.370 e. The summed E-state index contributed by atoms with van der Waals surface area (Å²) in [7, 11) is 0. The van der Waals surface area contributed by atoms with Crippen molar-refractivity contribution in [2.45, 2.75) is 6.92 Å². The molecule has 0 atom stereocenters. The number of hydrogen-bond acceptors (Lipinski definition) is 3. The van der Waals surface area contributed by atoms with Gasteiger partial charge in [-0.15, -0.1) is 0 Å². The second-order valence-electron chi connectivity index (χ2n) is 1.62. The smallest absolute Gasteiger partial charge is 0.129 e.